The molecule has 1 atom stereocenters. The molecule has 8 heteroatoms. The van der Waals surface area contributed by atoms with E-state index in [9.17, 15) is 9.18 Å². The molecule has 1 unspecified atom stereocenters. The normalized spacial score (nSPS) is 16.6. The quantitative estimate of drug-likeness (QED) is 0.388. The maximum atomic E-state index is 14.7. The summed E-state index contributed by atoms with van der Waals surface area (Å²) in [5, 5.41) is 12.5. The number of aromatic nitrogens is 2. The lowest BCUT2D eigenvalue weighted by Crippen LogP contribution is -2.48. The Bertz CT molecular complexity index is 1450. The molecule has 1 aromatic heterocycles. The van der Waals surface area contributed by atoms with E-state index in [-0.39, 0.29) is 11.7 Å². The average Bonchev–Trinajstić information content (AvgIpc) is 2.93. The molecule has 37 heavy (non-hydrogen) atoms. The first kappa shape index (κ1) is 23.0. The van der Waals surface area contributed by atoms with Crippen molar-refractivity contribution in [2.45, 2.75) is 12.3 Å². The number of nitrogens with zero attached hydrogens (tertiary/aromatic N) is 4. The molecule has 0 spiro atoms. The van der Waals surface area contributed by atoms with Crippen LogP contribution >= 0.6 is 0 Å². The number of piperazine rings is 1. The number of nitrogens with one attached hydrogen (secondary N) is 1. The minimum absolute atomic E-state index is 0.0859. The third-order valence-electron chi connectivity index (χ3n) is 7.20. The van der Waals surface area contributed by atoms with Crippen molar-refractivity contribution in [3.05, 3.63) is 102 Å². The Morgan fingerprint density at radius 2 is 1.62 bits per heavy atom. The minimum Gasteiger partial charge on any atom is -0.465 e. The third-order valence-corrected chi connectivity index (χ3v) is 7.20. The molecule has 1 aliphatic heterocycles. The number of amides is 1. The molecule has 0 saturated carbocycles. The van der Waals surface area contributed by atoms with Crippen molar-refractivity contribution in [2.24, 2.45) is 0 Å². The molecule has 2 N–H and O–H groups in total. The van der Waals surface area contributed by atoms with Gasteiger partial charge in [-0.3, -0.25) is 0 Å². The molecule has 186 valence electrons. The zero-order valence-corrected chi connectivity index (χ0v) is 20.1. The lowest BCUT2D eigenvalue weighted by atomic mass is 9.78. The first-order valence-electron chi connectivity index (χ1n) is 12.4. The Morgan fingerprint density at radius 3 is 2.35 bits per heavy atom. The zero-order valence-electron chi connectivity index (χ0n) is 20.1. The van der Waals surface area contributed by atoms with E-state index >= 15 is 0 Å². The Kier molecular flexibility index (Phi) is 5.92. The van der Waals surface area contributed by atoms with Crippen molar-refractivity contribution >= 4 is 23.4 Å². The molecular formula is C29H26FN5O2. The van der Waals surface area contributed by atoms with Gasteiger partial charge in [0, 0.05) is 55.2 Å². The van der Waals surface area contributed by atoms with Crippen molar-refractivity contribution in [3.8, 4) is 11.3 Å². The van der Waals surface area contributed by atoms with E-state index in [0.29, 0.717) is 44.1 Å². The Labute approximate surface area is 214 Å². The van der Waals surface area contributed by atoms with Gasteiger partial charge in [-0.25, -0.2) is 19.2 Å². The molecule has 7 nitrogen and oxygen atoms in total. The average molecular weight is 496 g/mol. The molecule has 6 rings (SSSR count). The van der Waals surface area contributed by atoms with Crippen molar-refractivity contribution < 1.29 is 14.3 Å². The van der Waals surface area contributed by atoms with E-state index in [2.05, 4.69) is 21.3 Å². The number of fused-ring (bicyclic) bond motifs is 3. The van der Waals surface area contributed by atoms with Crippen LogP contribution in [0.1, 0.15) is 22.6 Å². The van der Waals surface area contributed by atoms with Gasteiger partial charge in [-0.1, -0.05) is 42.5 Å². The van der Waals surface area contributed by atoms with Gasteiger partial charge in [-0.2, -0.15) is 0 Å². The summed E-state index contributed by atoms with van der Waals surface area (Å²) in [6.45, 7) is 2.33. The van der Waals surface area contributed by atoms with Crippen LogP contribution in [0.5, 0.6) is 0 Å². The molecular weight excluding hydrogens is 469 g/mol. The predicted molar refractivity (Wildman–Crippen MR) is 141 cm³/mol. The monoisotopic (exact) mass is 495 g/mol. The molecule has 2 aliphatic rings. The highest BCUT2D eigenvalue weighted by Crippen LogP contribution is 2.42. The molecule has 1 fully saturated rings. The van der Waals surface area contributed by atoms with E-state index in [1.165, 1.54) is 11.0 Å². The van der Waals surface area contributed by atoms with Gasteiger partial charge in [0.15, 0.2) is 0 Å². The van der Waals surface area contributed by atoms with Crippen molar-refractivity contribution in [2.75, 3.05) is 36.4 Å². The Morgan fingerprint density at radius 1 is 0.919 bits per heavy atom. The van der Waals surface area contributed by atoms with Crippen LogP contribution in [0.25, 0.3) is 11.3 Å². The highest BCUT2D eigenvalue weighted by atomic mass is 19.1. The lowest BCUT2D eigenvalue weighted by molar-refractivity contribution is 0.142. The lowest BCUT2D eigenvalue weighted by Gasteiger charge is -2.34. The Hall–Kier alpha value is -4.46. The van der Waals surface area contributed by atoms with Crippen molar-refractivity contribution in [3.63, 3.8) is 0 Å². The molecule has 1 aliphatic carbocycles. The molecule has 2 heterocycles. The van der Waals surface area contributed by atoms with Crippen molar-refractivity contribution in [1.29, 1.82) is 0 Å². The predicted octanol–water partition coefficient (Wildman–Crippen LogP) is 5.51. The first-order valence-corrected chi connectivity index (χ1v) is 12.4. The maximum absolute atomic E-state index is 14.7. The maximum Gasteiger partial charge on any atom is 0.407 e. The number of carbonyl (C=O) groups is 1. The van der Waals surface area contributed by atoms with Gasteiger partial charge in [0.1, 0.15) is 5.82 Å². The molecule has 1 saturated heterocycles. The van der Waals surface area contributed by atoms with Crippen LogP contribution in [0, 0.1) is 5.82 Å². The number of hydrogen-bond donors (Lipinski definition) is 2. The number of carboxylic acid groups (broad SMARTS) is 1. The molecule has 0 radical (unpaired) electrons. The first-order chi connectivity index (χ1) is 18.1. The summed E-state index contributed by atoms with van der Waals surface area (Å²) in [6, 6.07) is 23.0. The second-order valence-corrected chi connectivity index (χ2v) is 9.36. The number of anilines is 3. The fourth-order valence-corrected chi connectivity index (χ4v) is 5.27. The van der Waals surface area contributed by atoms with Crippen LogP contribution in [0.4, 0.5) is 26.5 Å². The zero-order chi connectivity index (χ0) is 25.4. The smallest absolute Gasteiger partial charge is 0.407 e. The standard InChI is InChI=1S/C29H26FN5O2/c30-26-8-4-3-6-23(26)25-17-19-18-31-28(33-27(19)24-7-2-1-5-22(24)25)32-20-9-11-21(12-10-20)34-13-15-35(16-14-34)29(36)37/h1-12,18,25H,13-17H2,(H,36,37)(H,31,32,33). The summed E-state index contributed by atoms with van der Waals surface area (Å²) in [6.07, 6.45) is 1.61. The molecule has 4 aromatic rings. The number of hydrogen-bond acceptors (Lipinski definition) is 5. The van der Waals surface area contributed by atoms with E-state index in [0.717, 1.165) is 33.8 Å². The largest absolute Gasteiger partial charge is 0.465 e. The molecule has 1 amide bonds. The summed E-state index contributed by atoms with van der Waals surface area (Å²) >= 11 is 0. The second-order valence-electron chi connectivity index (χ2n) is 9.36. The van der Waals surface area contributed by atoms with Gasteiger partial charge >= 0.3 is 6.09 Å². The van der Waals surface area contributed by atoms with Crippen LogP contribution in [-0.4, -0.2) is 52.2 Å². The second kappa shape index (κ2) is 9.54. The third kappa shape index (κ3) is 4.46. The number of rotatable bonds is 4. The SMILES string of the molecule is O=C(O)N1CCN(c2ccc(Nc3ncc4c(n3)-c3ccccc3C(c3ccccc3F)C4)cc2)CC1. The Balaban J connectivity index is 1.22. The van der Waals surface area contributed by atoms with Gasteiger partial charge in [-0.15, -0.1) is 0 Å². The van der Waals surface area contributed by atoms with E-state index < -0.39 is 6.09 Å². The molecule has 3 aromatic carbocycles. The van der Waals surface area contributed by atoms with Gasteiger partial charge < -0.3 is 20.2 Å². The summed E-state index contributed by atoms with van der Waals surface area (Å²) in [5.41, 5.74) is 6.53. The van der Waals surface area contributed by atoms with Crippen LogP contribution in [0.3, 0.4) is 0 Å². The van der Waals surface area contributed by atoms with Gasteiger partial charge in [0.25, 0.3) is 0 Å². The van der Waals surface area contributed by atoms with E-state index in [1.807, 2.05) is 60.8 Å². The summed E-state index contributed by atoms with van der Waals surface area (Å²) in [4.78, 5) is 24.2. The summed E-state index contributed by atoms with van der Waals surface area (Å²) in [7, 11) is 0. The minimum atomic E-state index is -0.866. The van der Waals surface area contributed by atoms with Crippen molar-refractivity contribution in [1.82, 2.24) is 14.9 Å². The van der Waals surface area contributed by atoms with Crippen LogP contribution in [-0.2, 0) is 6.42 Å². The van der Waals surface area contributed by atoms with Gasteiger partial charge in [-0.05, 0) is 53.4 Å². The van der Waals surface area contributed by atoms with E-state index in [1.54, 1.807) is 6.07 Å². The fraction of sp³-hybridized carbons (Fsp3) is 0.207. The van der Waals surface area contributed by atoms with Crippen LogP contribution in [0.2, 0.25) is 0 Å². The topological polar surface area (TPSA) is 81.6 Å². The summed E-state index contributed by atoms with van der Waals surface area (Å²) < 4.78 is 14.7. The highest BCUT2D eigenvalue weighted by molar-refractivity contribution is 5.73. The summed E-state index contributed by atoms with van der Waals surface area (Å²) in [5.74, 6) is 0.218. The van der Waals surface area contributed by atoms with Crippen LogP contribution < -0.4 is 10.2 Å². The number of halogens is 1. The fourth-order valence-electron chi connectivity index (χ4n) is 5.27. The molecule has 0 bridgehead atoms. The van der Waals surface area contributed by atoms with Gasteiger partial charge in [0.05, 0.1) is 5.69 Å². The van der Waals surface area contributed by atoms with Crippen LogP contribution in [0.15, 0.2) is 79.0 Å². The highest BCUT2D eigenvalue weighted by Gasteiger charge is 2.29. The number of benzene rings is 3. The van der Waals surface area contributed by atoms with E-state index in [4.69, 9.17) is 10.1 Å². The van der Waals surface area contributed by atoms with Gasteiger partial charge in [0.2, 0.25) is 5.95 Å².